The molecule has 4 heteroatoms. The SMILES string of the molecule is C=N/C(=C\C=C(/C)F)N1CCNCC1. The van der Waals surface area contributed by atoms with Gasteiger partial charge in [0.1, 0.15) is 5.82 Å². The van der Waals surface area contributed by atoms with Gasteiger partial charge in [-0.25, -0.2) is 9.38 Å². The summed E-state index contributed by atoms with van der Waals surface area (Å²) in [5.41, 5.74) is 0. The van der Waals surface area contributed by atoms with E-state index in [1.54, 1.807) is 6.08 Å². The third-order valence-electron chi connectivity index (χ3n) is 2.07. The maximum atomic E-state index is 12.5. The van der Waals surface area contributed by atoms with E-state index in [9.17, 15) is 4.39 Å². The number of halogens is 1. The molecule has 1 aliphatic rings. The number of hydrogen-bond donors (Lipinski definition) is 1. The Labute approximate surface area is 84.0 Å². The molecule has 0 unspecified atom stereocenters. The van der Waals surface area contributed by atoms with Gasteiger partial charge in [0, 0.05) is 26.2 Å². The van der Waals surface area contributed by atoms with Gasteiger partial charge in [0.05, 0.1) is 5.83 Å². The molecule has 1 saturated heterocycles. The number of aliphatic imine (C=N–C) groups is 1. The standard InChI is InChI=1S/C10H16FN3/c1-9(11)3-4-10(12-2)14-7-5-13-6-8-14/h3-4,13H,2,5-8H2,1H3/b9-3+,10-4+. The van der Waals surface area contributed by atoms with Crippen LogP contribution in [0.5, 0.6) is 0 Å². The van der Waals surface area contributed by atoms with Crippen molar-refractivity contribution in [2.24, 2.45) is 4.99 Å². The van der Waals surface area contributed by atoms with Crippen molar-refractivity contribution in [1.29, 1.82) is 0 Å². The molecule has 0 aromatic carbocycles. The summed E-state index contributed by atoms with van der Waals surface area (Å²) < 4.78 is 12.5. The molecule has 78 valence electrons. The first-order valence-electron chi connectivity index (χ1n) is 4.70. The summed E-state index contributed by atoms with van der Waals surface area (Å²) >= 11 is 0. The van der Waals surface area contributed by atoms with Crippen molar-refractivity contribution in [2.75, 3.05) is 26.2 Å². The van der Waals surface area contributed by atoms with E-state index in [1.165, 1.54) is 13.0 Å². The lowest BCUT2D eigenvalue weighted by Crippen LogP contribution is -2.42. The van der Waals surface area contributed by atoms with Crippen LogP contribution in [0.1, 0.15) is 6.92 Å². The summed E-state index contributed by atoms with van der Waals surface area (Å²) in [6.45, 7) is 8.55. The molecule has 3 nitrogen and oxygen atoms in total. The lowest BCUT2D eigenvalue weighted by Gasteiger charge is -2.29. The van der Waals surface area contributed by atoms with E-state index >= 15 is 0 Å². The van der Waals surface area contributed by atoms with Gasteiger partial charge < -0.3 is 10.2 Å². The Morgan fingerprint density at radius 3 is 2.57 bits per heavy atom. The Morgan fingerprint density at radius 2 is 2.07 bits per heavy atom. The minimum absolute atomic E-state index is 0.221. The topological polar surface area (TPSA) is 27.6 Å². The summed E-state index contributed by atoms with van der Waals surface area (Å²) in [4.78, 5) is 5.97. The molecule has 1 aliphatic heterocycles. The normalized spacial score (nSPS) is 19.7. The highest BCUT2D eigenvalue weighted by atomic mass is 19.1. The first-order valence-corrected chi connectivity index (χ1v) is 4.70. The van der Waals surface area contributed by atoms with Crippen LogP contribution < -0.4 is 5.32 Å². The minimum atomic E-state index is -0.221. The number of piperazine rings is 1. The smallest absolute Gasteiger partial charge is 0.127 e. The van der Waals surface area contributed by atoms with Crippen molar-refractivity contribution < 1.29 is 4.39 Å². The van der Waals surface area contributed by atoms with Gasteiger partial charge in [0.15, 0.2) is 0 Å². The highest BCUT2D eigenvalue weighted by molar-refractivity contribution is 5.30. The lowest BCUT2D eigenvalue weighted by atomic mass is 10.3. The van der Waals surface area contributed by atoms with Gasteiger partial charge in [-0.2, -0.15) is 0 Å². The number of nitrogens with zero attached hydrogens (tertiary/aromatic N) is 2. The van der Waals surface area contributed by atoms with Crippen LogP contribution in [0.15, 0.2) is 28.8 Å². The first kappa shape index (κ1) is 10.9. The molecule has 0 aromatic heterocycles. The number of nitrogens with one attached hydrogen (secondary N) is 1. The fourth-order valence-corrected chi connectivity index (χ4v) is 1.34. The molecule has 1 N–H and O–H groups in total. The van der Waals surface area contributed by atoms with E-state index in [-0.39, 0.29) is 5.83 Å². The minimum Gasteiger partial charge on any atom is -0.354 e. The van der Waals surface area contributed by atoms with Crippen LogP contribution in [0.25, 0.3) is 0 Å². The van der Waals surface area contributed by atoms with Gasteiger partial charge in [0.25, 0.3) is 0 Å². The molecule has 0 aliphatic carbocycles. The molecule has 14 heavy (non-hydrogen) atoms. The van der Waals surface area contributed by atoms with Gasteiger partial charge in [-0.05, 0) is 25.8 Å². The average Bonchev–Trinajstić information content (AvgIpc) is 2.20. The van der Waals surface area contributed by atoms with E-state index in [1.807, 2.05) is 0 Å². The van der Waals surface area contributed by atoms with Crippen molar-refractivity contribution in [3.8, 4) is 0 Å². The van der Waals surface area contributed by atoms with Crippen molar-refractivity contribution in [3.05, 3.63) is 23.8 Å². The van der Waals surface area contributed by atoms with E-state index in [2.05, 4.69) is 21.9 Å². The number of hydrogen-bond acceptors (Lipinski definition) is 3. The summed E-state index contributed by atoms with van der Waals surface area (Å²) in [6.07, 6.45) is 3.07. The van der Waals surface area contributed by atoms with Crippen LogP contribution in [-0.4, -0.2) is 37.8 Å². The quantitative estimate of drug-likeness (QED) is 0.545. The Balaban J connectivity index is 2.64. The van der Waals surface area contributed by atoms with Gasteiger partial charge in [-0.1, -0.05) is 0 Å². The Kier molecular flexibility index (Phi) is 4.32. The van der Waals surface area contributed by atoms with E-state index < -0.39 is 0 Å². The maximum absolute atomic E-state index is 12.5. The summed E-state index contributed by atoms with van der Waals surface area (Å²) in [5.74, 6) is 0.518. The fourth-order valence-electron chi connectivity index (χ4n) is 1.34. The fraction of sp³-hybridized carbons (Fsp3) is 0.500. The third kappa shape index (κ3) is 3.30. The van der Waals surface area contributed by atoms with E-state index in [0.717, 1.165) is 32.0 Å². The molecule has 1 rings (SSSR count). The van der Waals surface area contributed by atoms with Gasteiger partial charge in [-0.3, -0.25) is 0 Å². The summed E-state index contributed by atoms with van der Waals surface area (Å²) in [6, 6.07) is 0. The zero-order chi connectivity index (χ0) is 10.4. The maximum Gasteiger partial charge on any atom is 0.127 e. The summed E-state index contributed by atoms with van der Waals surface area (Å²) in [7, 11) is 0. The molecule has 0 atom stereocenters. The molecule has 0 bridgehead atoms. The van der Waals surface area contributed by atoms with Crippen LogP contribution in [0.4, 0.5) is 4.39 Å². The highest BCUT2D eigenvalue weighted by Gasteiger charge is 2.10. The Hall–Kier alpha value is -1.16. The second-order valence-electron chi connectivity index (χ2n) is 3.17. The van der Waals surface area contributed by atoms with E-state index in [4.69, 9.17) is 0 Å². The predicted molar refractivity (Wildman–Crippen MR) is 56.9 cm³/mol. The number of allylic oxidation sites excluding steroid dienone is 3. The Bertz CT molecular complexity index is 248. The number of rotatable bonds is 3. The molecule has 0 saturated carbocycles. The molecule has 0 amide bonds. The third-order valence-corrected chi connectivity index (χ3v) is 2.07. The molecule has 1 fully saturated rings. The lowest BCUT2D eigenvalue weighted by molar-refractivity contribution is 0.297. The van der Waals surface area contributed by atoms with Crippen molar-refractivity contribution in [2.45, 2.75) is 6.92 Å². The second-order valence-corrected chi connectivity index (χ2v) is 3.17. The van der Waals surface area contributed by atoms with Gasteiger partial charge >= 0.3 is 0 Å². The highest BCUT2D eigenvalue weighted by Crippen LogP contribution is 2.07. The molecule has 1 heterocycles. The van der Waals surface area contributed by atoms with Gasteiger partial charge in [0.2, 0.25) is 0 Å². The monoisotopic (exact) mass is 197 g/mol. The van der Waals surface area contributed by atoms with Crippen LogP contribution in [-0.2, 0) is 0 Å². The van der Waals surface area contributed by atoms with Crippen molar-refractivity contribution >= 4 is 6.72 Å². The second kappa shape index (κ2) is 5.54. The van der Waals surface area contributed by atoms with Crippen LogP contribution in [0.2, 0.25) is 0 Å². The molecule has 0 spiro atoms. The molecular weight excluding hydrogens is 181 g/mol. The van der Waals surface area contributed by atoms with Gasteiger partial charge in [-0.15, -0.1) is 0 Å². The van der Waals surface area contributed by atoms with Crippen molar-refractivity contribution in [1.82, 2.24) is 10.2 Å². The van der Waals surface area contributed by atoms with Crippen LogP contribution in [0, 0.1) is 0 Å². The van der Waals surface area contributed by atoms with Crippen molar-refractivity contribution in [3.63, 3.8) is 0 Å². The zero-order valence-corrected chi connectivity index (χ0v) is 8.46. The van der Waals surface area contributed by atoms with Crippen LogP contribution in [0.3, 0.4) is 0 Å². The molecule has 0 aromatic rings. The molecular formula is C10H16FN3. The largest absolute Gasteiger partial charge is 0.354 e. The first-order chi connectivity index (χ1) is 6.74. The Morgan fingerprint density at radius 1 is 1.43 bits per heavy atom. The molecule has 0 radical (unpaired) electrons. The summed E-state index contributed by atoms with van der Waals surface area (Å²) in [5, 5.41) is 3.24. The predicted octanol–water partition coefficient (Wildman–Crippen LogP) is 1.31. The zero-order valence-electron chi connectivity index (χ0n) is 8.46. The van der Waals surface area contributed by atoms with Crippen LogP contribution >= 0.6 is 0 Å². The average molecular weight is 197 g/mol. The van der Waals surface area contributed by atoms with E-state index in [0.29, 0.717) is 0 Å².